The molecule has 2 aromatic carbocycles. The van der Waals surface area contributed by atoms with Gasteiger partial charge in [-0.25, -0.2) is 0 Å². The molecule has 0 N–H and O–H groups in total. The van der Waals surface area contributed by atoms with Crippen molar-refractivity contribution in [1.29, 1.82) is 0 Å². The molecular formula is C30H16. The predicted octanol–water partition coefficient (Wildman–Crippen LogP) is 5.40. The Hall–Kier alpha value is -4.68. The van der Waals surface area contributed by atoms with E-state index in [9.17, 15) is 0 Å². The Morgan fingerprint density at radius 3 is 2.43 bits per heavy atom. The van der Waals surface area contributed by atoms with Gasteiger partial charge in [0.2, 0.25) is 0 Å². The van der Waals surface area contributed by atoms with Crippen molar-refractivity contribution in [3.8, 4) is 36.0 Å². The summed E-state index contributed by atoms with van der Waals surface area (Å²) in [6.45, 7) is 7.22. The average Bonchev–Trinajstić information content (AvgIpc) is 2.75. The van der Waals surface area contributed by atoms with E-state index in [1.807, 2.05) is 19.1 Å². The van der Waals surface area contributed by atoms with Gasteiger partial charge in [-0.1, -0.05) is 41.4 Å². The molecule has 0 saturated heterocycles. The topological polar surface area (TPSA) is 0 Å². The summed E-state index contributed by atoms with van der Waals surface area (Å²) in [4.78, 5) is 0. The van der Waals surface area contributed by atoms with Crippen LogP contribution in [0.3, 0.4) is 0 Å². The van der Waals surface area contributed by atoms with Crippen LogP contribution in [0.25, 0.3) is 5.57 Å². The largest absolute Gasteiger partial charge is 0.115 e. The fourth-order valence-corrected chi connectivity index (χ4v) is 3.23. The zero-order chi connectivity index (χ0) is 21.3. The lowest BCUT2D eigenvalue weighted by Gasteiger charge is -2.22. The molecular weight excluding hydrogens is 360 g/mol. The lowest BCUT2D eigenvalue weighted by molar-refractivity contribution is 1.12. The van der Waals surface area contributed by atoms with E-state index in [-0.39, 0.29) is 0 Å². The van der Waals surface area contributed by atoms with E-state index in [0.717, 1.165) is 39.8 Å². The fourth-order valence-electron chi connectivity index (χ4n) is 3.23. The molecule has 0 aromatic heterocycles. The molecule has 30 heavy (non-hydrogen) atoms. The molecule has 3 rings (SSSR count). The molecule has 0 nitrogen and oxygen atoms in total. The van der Waals surface area contributed by atoms with Gasteiger partial charge in [0.15, 0.2) is 0 Å². The molecule has 0 saturated carbocycles. The molecule has 0 fully saturated rings. The number of terminal acetylenes is 1. The van der Waals surface area contributed by atoms with E-state index in [4.69, 9.17) is 6.42 Å². The van der Waals surface area contributed by atoms with E-state index < -0.39 is 0 Å². The van der Waals surface area contributed by atoms with Crippen LogP contribution in [0.1, 0.15) is 45.9 Å². The number of rotatable bonds is 0. The Bertz CT molecular complexity index is 1500. The second-order valence-corrected chi connectivity index (χ2v) is 6.44. The normalized spacial score (nSPS) is 9.43. The summed E-state index contributed by atoms with van der Waals surface area (Å²) in [6, 6.07) is 10.4. The second kappa shape index (κ2) is 9.50. The lowest BCUT2D eigenvalue weighted by atomic mass is 9.80. The standard InChI is InChI=1S/C30H16/c1-5-8-10-11-12-14-16-28-29-20-24(15-13-9-6-2)17-18-26(29)21-27-19-23(4)25(7-3)22-30(27)28/h3,17-20,22H,1,21H2,2,4H3. The average molecular weight is 376 g/mol. The summed E-state index contributed by atoms with van der Waals surface area (Å²) >= 11 is 0. The van der Waals surface area contributed by atoms with Crippen molar-refractivity contribution < 1.29 is 0 Å². The fraction of sp³-hybridized carbons (Fsp3) is 0.100. The van der Waals surface area contributed by atoms with Crippen LogP contribution >= 0.6 is 0 Å². The first-order valence-corrected chi connectivity index (χ1v) is 9.24. The molecule has 0 aliphatic heterocycles. The van der Waals surface area contributed by atoms with Gasteiger partial charge < -0.3 is 0 Å². The molecule has 2 aromatic rings. The molecule has 1 aliphatic carbocycles. The lowest BCUT2D eigenvalue weighted by Crippen LogP contribution is -2.08. The highest BCUT2D eigenvalue weighted by atomic mass is 14.2. The Labute approximate surface area is 178 Å². The molecule has 0 radical (unpaired) electrons. The van der Waals surface area contributed by atoms with Crippen LogP contribution in [0.4, 0.5) is 0 Å². The van der Waals surface area contributed by atoms with Crippen LogP contribution in [-0.4, -0.2) is 0 Å². The van der Waals surface area contributed by atoms with Crippen LogP contribution in [0.15, 0.2) is 77.0 Å². The predicted molar refractivity (Wildman–Crippen MR) is 121 cm³/mol. The second-order valence-electron chi connectivity index (χ2n) is 6.44. The molecule has 1 aliphatic rings. The van der Waals surface area contributed by atoms with Crippen LogP contribution in [0, 0.1) is 42.9 Å². The van der Waals surface area contributed by atoms with Crippen molar-refractivity contribution in [2.75, 3.05) is 0 Å². The van der Waals surface area contributed by atoms with E-state index in [2.05, 4.69) is 94.5 Å². The minimum absolute atomic E-state index is 0.816. The van der Waals surface area contributed by atoms with Gasteiger partial charge in [-0.05, 0) is 113 Å². The van der Waals surface area contributed by atoms with Crippen LogP contribution in [0.5, 0.6) is 0 Å². The van der Waals surface area contributed by atoms with Crippen molar-refractivity contribution in [1.82, 2.24) is 0 Å². The minimum atomic E-state index is 0.816. The minimum Gasteiger partial charge on any atom is -0.115 e. The zero-order valence-electron chi connectivity index (χ0n) is 16.9. The monoisotopic (exact) mass is 376 g/mol. The van der Waals surface area contributed by atoms with Gasteiger partial charge in [0.25, 0.3) is 0 Å². The smallest absolute Gasteiger partial charge is 0.0407 e. The van der Waals surface area contributed by atoms with Gasteiger partial charge in [-0.3, -0.25) is 0 Å². The molecule has 0 heterocycles. The molecule has 0 amide bonds. The van der Waals surface area contributed by atoms with Gasteiger partial charge in [0.1, 0.15) is 0 Å². The first-order chi connectivity index (χ1) is 14.7. The van der Waals surface area contributed by atoms with Crippen molar-refractivity contribution >= 4 is 5.57 Å². The van der Waals surface area contributed by atoms with Gasteiger partial charge in [0.05, 0.1) is 0 Å². The summed E-state index contributed by atoms with van der Waals surface area (Å²) in [5.74, 6) is 14.3. The summed E-state index contributed by atoms with van der Waals surface area (Å²) in [7, 11) is 0. The van der Waals surface area contributed by atoms with Crippen LogP contribution in [-0.2, 0) is 6.42 Å². The Morgan fingerprint density at radius 1 is 0.900 bits per heavy atom. The Balaban J connectivity index is 2.36. The maximum Gasteiger partial charge on any atom is 0.0407 e. The highest BCUT2D eigenvalue weighted by molar-refractivity contribution is 5.86. The molecule has 0 atom stereocenters. The third-order valence-electron chi connectivity index (χ3n) is 4.56. The number of hydrogen-bond donors (Lipinski definition) is 0. The highest BCUT2D eigenvalue weighted by Gasteiger charge is 2.21. The first-order valence-electron chi connectivity index (χ1n) is 9.24. The van der Waals surface area contributed by atoms with E-state index in [1.165, 1.54) is 11.1 Å². The third-order valence-corrected chi connectivity index (χ3v) is 4.56. The third kappa shape index (κ3) is 4.41. The molecule has 0 heteroatoms. The SMILES string of the molecule is C#Cc1cc2c(cc1C)Cc1ccc(C#CC#CC)cc1C2=C=C=C=C=C=C=C=C. The molecule has 0 unspecified atom stereocenters. The van der Waals surface area contributed by atoms with E-state index >= 15 is 0 Å². The number of hydrogen-bond acceptors (Lipinski definition) is 0. The number of aryl methyl sites for hydroxylation is 1. The highest BCUT2D eigenvalue weighted by Crippen LogP contribution is 2.37. The summed E-state index contributed by atoms with van der Waals surface area (Å²) < 4.78 is 0. The Morgan fingerprint density at radius 2 is 1.67 bits per heavy atom. The van der Waals surface area contributed by atoms with Crippen molar-refractivity contribution in [2.45, 2.75) is 20.3 Å². The van der Waals surface area contributed by atoms with Crippen LogP contribution in [0.2, 0.25) is 0 Å². The summed E-state index contributed by atoms with van der Waals surface area (Å²) in [6.07, 6.45) is 6.52. The summed E-state index contributed by atoms with van der Waals surface area (Å²) in [5, 5.41) is 0. The molecule has 0 bridgehead atoms. The van der Waals surface area contributed by atoms with Gasteiger partial charge in [-0.15, -0.1) is 6.42 Å². The van der Waals surface area contributed by atoms with Crippen molar-refractivity contribution in [3.05, 3.63) is 116 Å². The van der Waals surface area contributed by atoms with Crippen molar-refractivity contribution in [2.24, 2.45) is 0 Å². The van der Waals surface area contributed by atoms with Gasteiger partial charge in [-0.2, -0.15) is 0 Å². The zero-order valence-corrected chi connectivity index (χ0v) is 16.9. The molecule has 0 spiro atoms. The maximum atomic E-state index is 5.71. The van der Waals surface area contributed by atoms with E-state index in [0.29, 0.717) is 0 Å². The summed E-state index contributed by atoms with van der Waals surface area (Å²) in [5.41, 5.74) is 27.5. The van der Waals surface area contributed by atoms with Crippen LogP contribution < -0.4 is 0 Å². The van der Waals surface area contributed by atoms with E-state index in [1.54, 1.807) is 6.92 Å². The van der Waals surface area contributed by atoms with Crippen molar-refractivity contribution in [3.63, 3.8) is 0 Å². The quantitative estimate of drug-likeness (QED) is 0.364. The molecule has 136 valence electrons. The first kappa shape index (κ1) is 20.1. The maximum absolute atomic E-state index is 5.71. The van der Waals surface area contributed by atoms with Gasteiger partial charge in [0, 0.05) is 16.7 Å². The Kier molecular flexibility index (Phi) is 6.35. The van der Waals surface area contributed by atoms with Gasteiger partial charge >= 0.3 is 0 Å². The number of fused-ring (bicyclic) bond motifs is 2. The number of benzene rings is 2.